The summed E-state index contributed by atoms with van der Waals surface area (Å²) in [5, 5.41) is 11.6. The summed E-state index contributed by atoms with van der Waals surface area (Å²) in [4.78, 5) is 11.7. The van der Waals surface area contributed by atoms with E-state index in [9.17, 15) is 4.79 Å². The van der Waals surface area contributed by atoms with Crippen LogP contribution < -0.4 is 5.32 Å². The number of methoxy groups -OCH3 is 1. The Morgan fingerprint density at radius 1 is 1.56 bits per heavy atom. The molecule has 0 saturated heterocycles. The number of halogens is 1. The van der Waals surface area contributed by atoms with Crippen molar-refractivity contribution in [2.75, 3.05) is 20.3 Å². The van der Waals surface area contributed by atoms with Gasteiger partial charge in [0.1, 0.15) is 11.6 Å². The molecule has 4 nitrogen and oxygen atoms in total. The third-order valence-corrected chi connectivity index (χ3v) is 2.88. The van der Waals surface area contributed by atoms with Gasteiger partial charge in [0, 0.05) is 18.1 Å². The Hall–Kier alpha value is -1.64. The maximum Gasteiger partial charge on any atom is 0.262 e. The average molecular weight is 309 g/mol. The maximum atomic E-state index is 11.7. The summed E-state index contributed by atoms with van der Waals surface area (Å²) in [6.45, 7) is 0.795. The van der Waals surface area contributed by atoms with Crippen molar-refractivity contribution in [3.05, 3.63) is 39.9 Å². The Bertz CT molecular complexity index is 492. The lowest BCUT2D eigenvalue weighted by Gasteiger charge is -2.03. The van der Waals surface area contributed by atoms with Gasteiger partial charge in [-0.05, 0) is 17.7 Å². The van der Waals surface area contributed by atoms with Gasteiger partial charge in [0.25, 0.3) is 5.91 Å². The van der Waals surface area contributed by atoms with Crippen molar-refractivity contribution in [2.24, 2.45) is 0 Å². The number of amides is 1. The Labute approximate surface area is 114 Å². The van der Waals surface area contributed by atoms with Gasteiger partial charge in [-0.25, -0.2) is 0 Å². The number of carbonyl (C=O) groups is 1. The second-order valence-corrected chi connectivity index (χ2v) is 4.29. The van der Waals surface area contributed by atoms with Crippen molar-refractivity contribution < 1.29 is 9.53 Å². The molecular formula is C13H13BrN2O2. The first-order chi connectivity index (χ1) is 8.69. The third-order valence-electron chi connectivity index (χ3n) is 2.16. The number of rotatable bonds is 5. The molecule has 1 amide bonds. The Balaban J connectivity index is 2.81. The number of ether oxygens (including phenoxy) is 1. The zero-order valence-corrected chi connectivity index (χ0v) is 11.5. The molecule has 0 aliphatic rings. The van der Waals surface area contributed by atoms with Crippen LogP contribution in [0.25, 0.3) is 6.08 Å². The van der Waals surface area contributed by atoms with E-state index in [1.807, 2.05) is 30.3 Å². The molecule has 1 aromatic carbocycles. The fourth-order valence-electron chi connectivity index (χ4n) is 1.26. The minimum Gasteiger partial charge on any atom is -0.383 e. The molecule has 1 aromatic rings. The van der Waals surface area contributed by atoms with Gasteiger partial charge in [-0.1, -0.05) is 34.1 Å². The minimum absolute atomic E-state index is 0.0676. The highest BCUT2D eigenvalue weighted by Crippen LogP contribution is 2.18. The zero-order valence-electron chi connectivity index (χ0n) is 9.94. The highest BCUT2D eigenvalue weighted by molar-refractivity contribution is 9.10. The monoisotopic (exact) mass is 308 g/mol. The van der Waals surface area contributed by atoms with Crippen molar-refractivity contribution in [2.45, 2.75) is 0 Å². The fraction of sp³-hybridized carbons (Fsp3) is 0.231. The predicted octanol–water partition coefficient (Wildman–Crippen LogP) is 2.12. The lowest BCUT2D eigenvalue weighted by atomic mass is 10.1. The molecule has 0 aliphatic heterocycles. The Kier molecular flexibility index (Phi) is 6.12. The quantitative estimate of drug-likeness (QED) is 0.515. The SMILES string of the molecule is COCCNC(=O)/C(C#N)=C/c1ccccc1Br. The third kappa shape index (κ3) is 4.32. The highest BCUT2D eigenvalue weighted by Gasteiger charge is 2.08. The molecule has 1 rings (SSSR count). The van der Waals surface area contributed by atoms with Crippen LogP contribution in [0.2, 0.25) is 0 Å². The second kappa shape index (κ2) is 7.64. The summed E-state index contributed by atoms with van der Waals surface area (Å²) in [6, 6.07) is 9.27. The first-order valence-electron chi connectivity index (χ1n) is 5.32. The van der Waals surface area contributed by atoms with Crippen LogP contribution in [0.15, 0.2) is 34.3 Å². The molecule has 0 fully saturated rings. The number of benzene rings is 1. The van der Waals surface area contributed by atoms with Gasteiger partial charge in [-0.3, -0.25) is 4.79 Å². The highest BCUT2D eigenvalue weighted by atomic mass is 79.9. The van der Waals surface area contributed by atoms with E-state index in [1.165, 1.54) is 0 Å². The fourth-order valence-corrected chi connectivity index (χ4v) is 1.66. The summed E-state index contributed by atoms with van der Waals surface area (Å²) < 4.78 is 5.65. The van der Waals surface area contributed by atoms with Gasteiger partial charge < -0.3 is 10.1 Å². The summed E-state index contributed by atoms with van der Waals surface area (Å²) >= 11 is 3.36. The lowest BCUT2D eigenvalue weighted by Crippen LogP contribution is -2.27. The standard InChI is InChI=1S/C13H13BrN2O2/c1-18-7-6-16-13(17)11(9-15)8-10-4-2-3-5-12(10)14/h2-5,8H,6-7H2,1H3,(H,16,17)/b11-8+. The predicted molar refractivity (Wildman–Crippen MR) is 72.6 cm³/mol. The summed E-state index contributed by atoms with van der Waals surface area (Å²) in [5.74, 6) is -0.398. The summed E-state index contributed by atoms with van der Waals surface area (Å²) in [5.41, 5.74) is 0.856. The van der Waals surface area contributed by atoms with Crippen molar-refractivity contribution in [3.63, 3.8) is 0 Å². The van der Waals surface area contributed by atoms with Gasteiger partial charge in [0.05, 0.1) is 6.61 Å². The molecule has 1 N–H and O–H groups in total. The Morgan fingerprint density at radius 3 is 2.89 bits per heavy atom. The van der Waals surface area contributed by atoms with Crippen LogP contribution in [0.3, 0.4) is 0 Å². The van der Waals surface area contributed by atoms with Crippen LogP contribution in [0.5, 0.6) is 0 Å². The lowest BCUT2D eigenvalue weighted by molar-refractivity contribution is -0.117. The normalized spacial score (nSPS) is 10.8. The van der Waals surface area contributed by atoms with Crippen LogP contribution in [0, 0.1) is 11.3 Å². The van der Waals surface area contributed by atoms with Crippen molar-refractivity contribution >= 4 is 27.9 Å². The van der Waals surface area contributed by atoms with Crippen molar-refractivity contribution in [3.8, 4) is 6.07 Å². The van der Waals surface area contributed by atoms with E-state index in [0.717, 1.165) is 10.0 Å². The van der Waals surface area contributed by atoms with Gasteiger partial charge in [0.2, 0.25) is 0 Å². The van der Waals surface area contributed by atoms with E-state index >= 15 is 0 Å². The van der Waals surface area contributed by atoms with E-state index < -0.39 is 5.91 Å². The topological polar surface area (TPSA) is 62.1 Å². The molecule has 0 atom stereocenters. The van der Waals surface area contributed by atoms with Gasteiger partial charge >= 0.3 is 0 Å². The smallest absolute Gasteiger partial charge is 0.262 e. The molecule has 18 heavy (non-hydrogen) atoms. The Morgan fingerprint density at radius 2 is 2.28 bits per heavy atom. The largest absolute Gasteiger partial charge is 0.383 e. The molecule has 0 bridgehead atoms. The van der Waals surface area contributed by atoms with Crippen LogP contribution >= 0.6 is 15.9 Å². The van der Waals surface area contributed by atoms with Crippen LogP contribution in [0.4, 0.5) is 0 Å². The van der Waals surface area contributed by atoms with E-state index in [0.29, 0.717) is 13.2 Å². The number of nitrogens with zero attached hydrogens (tertiary/aromatic N) is 1. The number of nitrogens with one attached hydrogen (secondary N) is 1. The minimum atomic E-state index is -0.398. The van der Waals surface area contributed by atoms with Gasteiger partial charge in [-0.2, -0.15) is 5.26 Å². The second-order valence-electron chi connectivity index (χ2n) is 3.44. The van der Waals surface area contributed by atoms with Crippen molar-refractivity contribution in [1.29, 1.82) is 5.26 Å². The molecular weight excluding hydrogens is 296 g/mol. The summed E-state index contributed by atoms with van der Waals surface area (Å²) in [6.07, 6.45) is 1.55. The van der Waals surface area contributed by atoms with Gasteiger partial charge in [-0.15, -0.1) is 0 Å². The number of carbonyl (C=O) groups excluding carboxylic acids is 1. The number of hydrogen-bond acceptors (Lipinski definition) is 3. The molecule has 0 unspecified atom stereocenters. The summed E-state index contributed by atoms with van der Waals surface area (Å²) in [7, 11) is 1.55. The molecule has 0 heterocycles. The first-order valence-corrected chi connectivity index (χ1v) is 6.11. The van der Waals surface area contributed by atoms with Crippen LogP contribution in [0.1, 0.15) is 5.56 Å². The average Bonchev–Trinajstić information content (AvgIpc) is 2.38. The van der Waals surface area contributed by atoms with Gasteiger partial charge in [0.15, 0.2) is 0 Å². The molecule has 0 saturated carbocycles. The first kappa shape index (κ1) is 14.4. The molecule has 0 radical (unpaired) electrons. The molecule has 94 valence electrons. The molecule has 0 spiro atoms. The molecule has 0 aromatic heterocycles. The van der Waals surface area contributed by atoms with E-state index in [2.05, 4.69) is 21.2 Å². The zero-order chi connectivity index (χ0) is 13.4. The molecule has 5 heteroatoms. The van der Waals surface area contributed by atoms with E-state index in [1.54, 1.807) is 13.2 Å². The molecule has 0 aliphatic carbocycles. The van der Waals surface area contributed by atoms with Crippen LogP contribution in [-0.2, 0) is 9.53 Å². The van der Waals surface area contributed by atoms with Crippen molar-refractivity contribution in [1.82, 2.24) is 5.32 Å². The van der Waals surface area contributed by atoms with E-state index in [4.69, 9.17) is 10.00 Å². The number of nitriles is 1. The number of hydrogen-bond donors (Lipinski definition) is 1. The van der Waals surface area contributed by atoms with Crippen LogP contribution in [-0.4, -0.2) is 26.2 Å². The van der Waals surface area contributed by atoms with E-state index in [-0.39, 0.29) is 5.57 Å². The maximum absolute atomic E-state index is 11.7.